The van der Waals surface area contributed by atoms with Gasteiger partial charge in [0.05, 0.1) is 0 Å². The summed E-state index contributed by atoms with van der Waals surface area (Å²) in [4.78, 5) is 0. The summed E-state index contributed by atoms with van der Waals surface area (Å²) in [5.41, 5.74) is 17.8. The highest BCUT2D eigenvalue weighted by molar-refractivity contribution is 7.80. The lowest BCUT2D eigenvalue weighted by molar-refractivity contribution is 1.13. The van der Waals surface area contributed by atoms with E-state index >= 15 is 0 Å². The summed E-state index contributed by atoms with van der Waals surface area (Å²) in [6.45, 7) is 12.3. The fourth-order valence-electron chi connectivity index (χ4n) is 2.57. The van der Waals surface area contributed by atoms with Gasteiger partial charge in [-0.05, 0) is 79.4 Å². The number of hydrogen-bond acceptors (Lipinski definition) is 2. The van der Waals surface area contributed by atoms with E-state index in [2.05, 4.69) is 48.7 Å². The molecule has 0 radical (unpaired) electrons. The third kappa shape index (κ3) is 9.15. The van der Waals surface area contributed by atoms with Crippen LogP contribution < -0.4 is 22.1 Å². The van der Waals surface area contributed by atoms with Crippen LogP contribution in [0.3, 0.4) is 0 Å². The topological polar surface area (TPSA) is 76.1 Å². The molecule has 6 N–H and O–H groups in total. The second-order valence-electron chi connectivity index (χ2n) is 5.96. The number of hydrogen-bond donors (Lipinski definition) is 4. The van der Waals surface area contributed by atoms with Gasteiger partial charge in [0.1, 0.15) is 0 Å². The van der Waals surface area contributed by atoms with Crippen LogP contribution in [0, 0.1) is 13.8 Å². The highest BCUT2D eigenvalue weighted by atomic mass is 32.1. The maximum atomic E-state index is 5.44. The lowest BCUT2D eigenvalue weighted by Crippen LogP contribution is -2.20. The van der Waals surface area contributed by atoms with Crippen LogP contribution in [0.25, 0.3) is 0 Å². The normalized spacial score (nSPS) is 9.21. The molecule has 0 aliphatic carbocycles. The highest BCUT2D eigenvalue weighted by Crippen LogP contribution is 2.20. The third-order valence-corrected chi connectivity index (χ3v) is 4.10. The maximum Gasteiger partial charge on any atom is 0.168 e. The predicted octanol–water partition coefficient (Wildman–Crippen LogP) is 5.45. The molecule has 0 bridgehead atoms. The molecule has 0 heterocycles. The van der Waals surface area contributed by atoms with Gasteiger partial charge in [0.25, 0.3) is 0 Å². The average molecular weight is 419 g/mol. The molecule has 28 heavy (non-hydrogen) atoms. The summed E-state index contributed by atoms with van der Waals surface area (Å²) in [7, 11) is 0. The van der Waals surface area contributed by atoms with E-state index in [9.17, 15) is 0 Å². The van der Waals surface area contributed by atoms with Crippen LogP contribution in [0.5, 0.6) is 0 Å². The van der Waals surface area contributed by atoms with E-state index in [1.54, 1.807) is 0 Å². The molecular formula is C22H34N4S2. The average Bonchev–Trinajstić information content (AvgIpc) is 2.65. The molecule has 0 aromatic heterocycles. The smallest absolute Gasteiger partial charge is 0.168 e. The summed E-state index contributed by atoms with van der Waals surface area (Å²) in [6.07, 6.45) is 1.96. The first-order valence-electron chi connectivity index (χ1n) is 9.59. The van der Waals surface area contributed by atoms with Gasteiger partial charge >= 0.3 is 0 Å². The van der Waals surface area contributed by atoms with E-state index in [0.717, 1.165) is 24.2 Å². The van der Waals surface area contributed by atoms with Gasteiger partial charge < -0.3 is 22.1 Å². The number of para-hydroxylation sites is 1. The van der Waals surface area contributed by atoms with Crippen LogP contribution in [0.4, 0.5) is 11.4 Å². The summed E-state index contributed by atoms with van der Waals surface area (Å²) in [5, 5.41) is 6.62. The molecule has 0 amide bonds. The van der Waals surface area contributed by atoms with Crippen molar-refractivity contribution in [2.75, 3.05) is 10.6 Å². The van der Waals surface area contributed by atoms with Crippen LogP contribution in [0.15, 0.2) is 36.4 Å². The third-order valence-electron chi connectivity index (χ3n) is 3.89. The second-order valence-corrected chi connectivity index (χ2v) is 6.83. The number of nitrogens with two attached hydrogens (primary N) is 2. The van der Waals surface area contributed by atoms with Gasteiger partial charge in [0, 0.05) is 11.4 Å². The van der Waals surface area contributed by atoms with Crippen LogP contribution in [0.2, 0.25) is 0 Å². The quantitative estimate of drug-likeness (QED) is 0.495. The maximum absolute atomic E-state index is 5.44. The standard InChI is InChI=1S/2C10H14N2S.C2H6/c1-3-8-5-4-7(2)6-9(8)12-10(11)13;1-3-8-6-4-5-7(2)9(8)12-10(11)13;1-2/h2*4-6H,3H2,1-2H3,(H3,11,12,13);1-2H3. The van der Waals surface area contributed by atoms with Crippen molar-refractivity contribution in [2.45, 2.75) is 54.4 Å². The molecule has 2 rings (SSSR count). The zero-order chi connectivity index (χ0) is 21.7. The van der Waals surface area contributed by atoms with Gasteiger partial charge in [-0.15, -0.1) is 0 Å². The summed E-state index contributed by atoms with van der Waals surface area (Å²) in [6, 6.07) is 12.4. The Kier molecular flexibility index (Phi) is 12.8. The first-order valence-corrected chi connectivity index (χ1v) is 10.4. The van der Waals surface area contributed by atoms with Crippen molar-refractivity contribution in [3.05, 3.63) is 58.7 Å². The number of anilines is 2. The zero-order valence-corrected chi connectivity index (χ0v) is 19.5. The second kappa shape index (κ2) is 13.9. The molecule has 2 aromatic rings. The molecule has 0 unspecified atom stereocenters. The van der Waals surface area contributed by atoms with E-state index in [4.69, 9.17) is 35.9 Å². The SMILES string of the molecule is CC.CCc1ccc(C)cc1NC(N)=S.CCc1cccc(C)c1NC(N)=S. The van der Waals surface area contributed by atoms with Crippen molar-refractivity contribution >= 4 is 46.0 Å². The molecule has 4 nitrogen and oxygen atoms in total. The van der Waals surface area contributed by atoms with Crippen LogP contribution in [-0.4, -0.2) is 10.2 Å². The van der Waals surface area contributed by atoms with Crippen molar-refractivity contribution in [3.8, 4) is 0 Å². The van der Waals surface area contributed by atoms with E-state index < -0.39 is 0 Å². The lowest BCUT2D eigenvalue weighted by Gasteiger charge is -2.12. The Bertz CT molecular complexity index is 773. The molecule has 0 fully saturated rings. The molecule has 0 spiro atoms. The zero-order valence-electron chi connectivity index (χ0n) is 17.8. The summed E-state index contributed by atoms with van der Waals surface area (Å²) >= 11 is 9.61. The van der Waals surface area contributed by atoms with E-state index in [1.165, 1.54) is 22.3 Å². The Labute approximate surface area is 181 Å². The van der Waals surface area contributed by atoms with E-state index in [-0.39, 0.29) is 0 Å². The summed E-state index contributed by atoms with van der Waals surface area (Å²) < 4.78 is 0. The molecular weight excluding hydrogens is 384 g/mol. The van der Waals surface area contributed by atoms with Gasteiger partial charge in [-0.3, -0.25) is 0 Å². The Morgan fingerprint density at radius 3 is 1.93 bits per heavy atom. The number of benzene rings is 2. The molecule has 0 saturated carbocycles. The van der Waals surface area contributed by atoms with Crippen molar-refractivity contribution in [1.29, 1.82) is 0 Å². The number of aryl methyl sites for hydroxylation is 4. The fraction of sp³-hybridized carbons (Fsp3) is 0.364. The van der Waals surface area contributed by atoms with Gasteiger partial charge in [-0.1, -0.05) is 58.0 Å². The Morgan fingerprint density at radius 2 is 1.43 bits per heavy atom. The molecule has 2 aromatic carbocycles. The number of rotatable bonds is 4. The van der Waals surface area contributed by atoms with Crippen LogP contribution in [0.1, 0.15) is 49.9 Å². The molecule has 6 heteroatoms. The Hall–Kier alpha value is -2.18. The largest absolute Gasteiger partial charge is 0.376 e. The Balaban J connectivity index is 0.000000478. The van der Waals surface area contributed by atoms with Crippen LogP contribution >= 0.6 is 24.4 Å². The van der Waals surface area contributed by atoms with Crippen molar-refractivity contribution in [3.63, 3.8) is 0 Å². The molecule has 154 valence electrons. The number of thiocarbonyl (C=S) groups is 2. The van der Waals surface area contributed by atoms with Crippen LogP contribution in [-0.2, 0) is 12.8 Å². The minimum absolute atomic E-state index is 0.320. The minimum Gasteiger partial charge on any atom is -0.376 e. The van der Waals surface area contributed by atoms with Crippen molar-refractivity contribution in [2.24, 2.45) is 11.5 Å². The van der Waals surface area contributed by atoms with Crippen molar-refractivity contribution < 1.29 is 0 Å². The van der Waals surface area contributed by atoms with Gasteiger partial charge in [0.2, 0.25) is 0 Å². The molecule has 0 aliphatic rings. The van der Waals surface area contributed by atoms with Gasteiger partial charge in [-0.2, -0.15) is 0 Å². The molecule has 0 saturated heterocycles. The fourth-order valence-corrected chi connectivity index (χ4v) is 2.78. The van der Waals surface area contributed by atoms with Gasteiger partial charge in [-0.25, -0.2) is 0 Å². The van der Waals surface area contributed by atoms with E-state index in [0.29, 0.717) is 10.2 Å². The molecule has 0 aliphatic heterocycles. The monoisotopic (exact) mass is 418 g/mol. The predicted molar refractivity (Wildman–Crippen MR) is 133 cm³/mol. The first kappa shape index (κ1) is 25.8. The van der Waals surface area contributed by atoms with Gasteiger partial charge in [0.15, 0.2) is 10.2 Å². The highest BCUT2D eigenvalue weighted by Gasteiger charge is 2.03. The van der Waals surface area contributed by atoms with Crippen molar-refractivity contribution in [1.82, 2.24) is 0 Å². The Morgan fingerprint density at radius 1 is 0.857 bits per heavy atom. The molecule has 0 atom stereocenters. The minimum atomic E-state index is 0.320. The lowest BCUT2D eigenvalue weighted by atomic mass is 10.1. The number of nitrogens with one attached hydrogen (secondary N) is 2. The summed E-state index contributed by atoms with van der Waals surface area (Å²) in [5.74, 6) is 0. The van der Waals surface area contributed by atoms with E-state index in [1.807, 2.05) is 39.8 Å². The first-order chi connectivity index (χ1) is 13.3.